The van der Waals surface area contributed by atoms with Gasteiger partial charge in [0.15, 0.2) is 0 Å². The summed E-state index contributed by atoms with van der Waals surface area (Å²) in [4.78, 5) is 11.0. The smallest absolute Gasteiger partial charge is 0.311 e. The van der Waals surface area contributed by atoms with Crippen LogP contribution < -0.4 is 5.73 Å². The molecule has 76 valence electrons. The number of hydrogen-bond acceptors (Lipinski definition) is 2. The van der Waals surface area contributed by atoms with Crippen molar-refractivity contribution < 1.29 is 9.90 Å². The molecular weight excluding hydrogens is 190 g/mol. The van der Waals surface area contributed by atoms with Gasteiger partial charge in [-0.05, 0) is 24.7 Å². The van der Waals surface area contributed by atoms with E-state index in [-0.39, 0.29) is 17.8 Å². The minimum atomic E-state index is -0.674. The lowest BCUT2D eigenvalue weighted by molar-refractivity contribution is -0.144. The molecule has 0 aromatic carbocycles. The first-order valence-corrected chi connectivity index (χ1v) is 4.60. The summed E-state index contributed by atoms with van der Waals surface area (Å²) >= 11 is 0. The van der Waals surface area contributed by atoms with Crippen molar-refractivity contribution >= 4 is 18.4 Å². The van der Waals surface area contributed by atoms with Crippen molar-refractivity contribution in [3.05, 3.63) is 0 Å². The van der Waals surface area contributed by atoms with Crippen molar-refractivity contribution in [2.24, 2.45) is 16.6 Å². The second-order valence-corrected chi connectivity index (χ2v) is 4.26. The van der Waals surface area contributed by atoms with Gasteiger partial charge in [-0.2, -0.15) is 0 Å². The number of carboxylic acids is 1. The molecule has 0 aromatic heterocycles. The van der Waals surface area contributed by atoms with E-state index in [9.17, 15) is 4.79 Å². The second-order valence-electron chi connectivity index (χ2n) is 4.26. The van der Waals surface area contributed by atoms with E-state index in [1.165, 1.54) is 12.8 Å². The summed E-state index contributed by atoms with van der Waals surface area (Å²) in [6.07, 6.45) is 5.36. The highest BCUT2D eigenvalue weighted by molar-refractivity contribution is 5.85. The van der Waals surface area contributed by atoms with Gasteiger partial charge in [0.1, 0.15) is 0 Å². The number of carbonyl (C=O) groups is 1. The minimum Gasteiger partial charge on any atom is -0.481 e. The first-order valence-electron chi connectivity index (χ1n) is 4.60. The van der Waals surface area contributed by atoms with Gasteiger partial charge in [-0.1, -0.05) is 12.8 Å². The summed E-state index contributed by atoms with van der Waals surface area (Å²) in [6, 6.07) is 0. The summed E-state index contributed by atoms with van der Waals surface area (Å²) in [6.45, 7) is 0.322. The molecule has 0 saturated heterocycles. The summed E-state index contributed by atoms with van der Waals surface area (Å²) in [5.74, 6) is -0.674. The number of nitrogens with two attached hydrogens (primary N) is 1. The third kappa shape index (κ3) is 1.17. The number of halogens is 1. The highest BCUT2D eigenvalue weighted by Crippen LogP contribution is 2.71. The van der Waals surface area contributed by atoms with Gasteiger partial charge in [0.2, 0.25) is 0 Å². The maximum absolute atomic E-state index is 11.0. The molecule has 0 aliphatic heterocycles. The van der Waals surface area contributed by atoms with Gasteiger partial charge in [0.05, 0.1) is 5.41 Å². The maximum atomic E-state index is 11.0. The molecule has 1 spiro atoms. The van der Waals surface area contributed by atoms with Crippen LogP contribution in [0.25, 0.3) is 0 Å². The largest absolute Gasteiger partial charge is 0.481 e. The zero-order valence-electron chi connectivity index (χ0n) is 7.58. The van der Waals surface area contributed by atoms with Crippen molar-refractivity contribution in [2.75, 3.05) is 6.54 Å². The Hall–Kier alpha value is -0.280. The Morgan fingerprint density at radius 1 is 1.38 bits per heavy atom. The predicted octanol–water partition coefficient (Wildman–Crippen LogP) is 1.40. The van der Waals surface area contributed by atoms with E-state index >= 15 is 0 Å². The van der Waals surface area contributed by atoms with Gasteiger partial charge >= 0.3 is 5.97 Å². The van der Waals surface area contributed by atoms with E-state index in [1.54, 1.807) is 0 Å². The third-order valence-electron chi connectivity index (χ3n) is 3.85. The summed E-state index contributed by atoms with van der Waals surface area (Å²) in [5, 5.41) is 9.05. The Morgan fingerprint density at radius 3 is 2.23 bits per heavy atom. The number of rotatable bonds is 2. The van der Waals surface area contributed by atoms with Crippen LogP contribution in [0.4, 0.5) is 0 Å². The standard InChI is InChI=1S/C9H15NO2.ClH/c10-6-9(7(11)12)5-8(9)3-1-2-4-8;/h1-6,10H2,(H,11,12);1H. The second kappa shape index (κ2) is 3.14. The van der Waals surface area contributed by atoms with Crippen LogP contribution in [0.2, 0.25) is 0 Å². The van der Waals surface area contributed by atoms with E-state index in [4.69, 9.17) is 10.8 Å². The lowest BCUT2D eigenvalue weighted by Gasteiger charge is -2.15. The Bertz CT molecular complexity index is 226. The van der Waals surface area contributed by atoms with E-state index in [1.807, 2.05) is 0 Å². The van der Waals surface area contributed by atoms with Gasteiger partial charge in [-0.3, -0.25) is 4.79 Å². The molecule has 0 amide bonds. The molecular formula is C9H16ClNO2. The van der Waals surface area contributed by atoms with Crippen LogP contribution in [-0.4, -0.2) is 17.6 Å². The Labute approximate surface area is 84.1 Å². The fraction of sp³-hybridized carbons (Fsp3) is 0.889. The van der Waals surface area contributed by atoms with Gasteiger partial charge in [0, 0.05) is 6.54 Å². The molecule has 0 bridgehead atoms. The summed E-state index contributed by atoms with van der Waals surface area (Å²) < 4.78 is 0. The average Bonchev–Trinajstić information content (AvgIpc) is 2.40. The first kappa shape index (κ1) is 10.8. The third-order valence-corrected chi connectivity index (χ3v) is 3.85. The first-order chi connectivity index (χ1) is 5.67. The SMILES string of the molecule is Cl.NCC1(C(=O)O)CC12CCCC2. The normalized spacial score (nSPS) is 34.2. The van der Waals surface area contributed by atoms with E-state index in [2.05, 4.69) is 0 Å². The molecule has 13 heavy (non-hydrogen) atoms. The van der Waals surface area contributed by atoms with Crippen LogP contribution in [0.15, 0.2) is 0 Å². The highest BCUT2D eigenvalue weighted by Gasteiger charge is 2.71. The Kier molecular flexibility index (Phi) is 2.61. The molecule has 1 atom stereocenters. The lowest BCUT2D eigenvalue weighted by atomic mass is 9.91. The van der Waals surface area contributed by atoms with Crippen LogP contribution in [0.5, 0.6) is 0 Å². The quantitative estimate of drug-likeness (QED) is 0.717. The van der Waals surface area contributed by atoms with Crippen LogP contribution in [0, 0.1) is 10.8 Å². The van der Waals surface area contributed by atoms with Crippen LogP contribution in [0.3, 0.4) is 0 Å². The molecule has 2 aliphatic rings. The van der Waals surface area contributed by atoms with Gasteiger partial charge in [-0.15, -0.1) is 12.4 Å². The van der Waals surface area contributed by atoms with Gasteiger partial charge < -0.3 is 10.8 Å². The molecule has 4 heteroatoms. The zero-order valence-corrected chi connectivity index (χ0v) is 8.40. The molecule has 1 unspecified atom stereocenters. The van der Waals surface area contributed by atoms with Crippen molar-refractivity contribution in [2.45, 2.75) is 32.1 Å². The Morgan fingerprint density at radius 2 is 1.92 bits per heavy atom. The predicted molar refractivity (Wildman–Crippen MR) is 51.9 cm³/mol. The number of hydrogen-bond donors (Lipinski definition) is 2. The molecule has 0 aromatic rings. The van der Waals surface area contributed by atoms with Crippen LogP contribution >= 0.6 is 12.4 Å². The van der Waals surface area contributed by atoms with Crippen molar-refractivity contribution in [1.29, 1.82) is 0 Å². The molecule has 2 rings (SSSR count). The zero-order chi connectivity index (χ0) is 8.82. The molecule has 0 heterocycles. The Balaban J connectivity index is 0.000000845. The van der Waals surface area contributed by atoms with Gasteiger partial charge in [-0.25, -0.2) is 0 Å². The monoisotopic (exact) mass is 205 g/mol. The highest BCUT2D eigenvalue weighted by atomic mass is 35.5. The van der Waals surface area contributed by atoms with Crippen molar-refractivity contribution in [3.8, 4) is 0 Å². The topological polar surface area (TPSA) is 63.3 Å². The minimum absolute atomic E-state index is 0. The van der Waals surface area contributed by atoms with E-state index < -0.39 is 11.4 Å². The molecule has 0 radical (unpaired) electrons. The van der Waals surface area contributed by atoms with Crippen LogP contribution in [0.1, 0.15) is 32.1 Å². The molecule has 2 aliphatic carbocycles. The molecule has 2 fully saturated rings. The summed E-state index contributed by atoms with van der Waals surface area (Å²) in [7, 11) is 0. The van der Waals surface area contributed by atoms with Crippen LogP contribution in [-0.2, 0) is 4.79 Å². The van der Waals surface area contributed by atoms with Crippen molar-refractivity contribution in [3.63, 3.8) is 0 Å². The maximum Gasteiger partial charge on any atom is 0.311 e. The fourth-order valence-corrected chi connectivity index (χ4v) is 2.92. The fourth-order valence-electron chi connectivity index (χ4n) is 2.92. The number of aliphatic carboxylic acids is 1. The average molecular weight is 206 g/mol. The molecule has 2 saturated carbocycles. The number of carboxylic acid groups (broad SMARTS) is 1. The summed E-state index contributed by atoms with van der Waals surface area (Å²) in [5.41, 5.74) is 5.11. The van der Waals surface area contributed by atoms with Crippen molar-refractivity contribution in [1.82, 2.24) is 0 Å². The van der Waals surface area contributed by atoms with E-state index in [0.29, 0.717) is 6.54 Å². The van der Waals surface area contributed by atoms with E-state index in [0.717, 1.165) is 19.3 Å². The molecule has 3 nitrogen and oxygen atoms in total. The molecule has 3 N–H and O–H groups in total. The van der Waals surface area contributed by atoms with Gasteiger partial charge in [0.25, 0.3) is 0 Å². The lowest BCUT2D eigenvalue weighted by Crippen LogP contribution is -2.30.